The molecular formula is C18H16ClF2N5O. The van der Waals surface area contributed by atoms with E-state index in [1.807, 2.05) is 0 Å². The number of benzene rings is 1. The molecule has 140 valence electrons. The van der Waals surface area contributed by atoms with Crippen molar-refractivity contribution in [2.45, 2.75) is 25.1 Å². The third kappa shape index (κ3) is 3.81. The van der Waals surface area contributed by atoms with E-state index in [1.165, 1.54) is 30.7 Å². The molecule has 0 bridgehead atoms. The van der Waals surface area contributed by atoms with E-state index in [2.05, 4.69) is 25.0 Å². The molecule has 6 nitrogen and oxygen atoms in total. The summed E-state index contributed by atoms with van der Waals surface area (Å²) in [5.41, 5.74) is -0.442. The Morgan fingerprint density at radius 3 is 2.74 bits per heavy atom. The van der Waals surface area contributed by atoms with Crippen molar-refractivity contribution in [3.8, 4) is 11.5 Å². The van der Waals surface area contributed by atoms with Crippen LogP contribution < -0.4 is 0 Å². The Morgan fingerprint density at radius 2 is 2.04 bits per heavy atom. The minimum atomic E-state index is -1.68. The summed E-state index contributed by atoms with van der Waals surface area (Å²) < 4.78 is 33.7. The number of piperidine rings is 1. The molecule has 1 aliphatic heterocycles. The SMILES string of the molecule is Fc1ccc(CN2CCC(F)(c3nc(-c4cnccn4)no3)CC2)c(Cl)c1. The first-order valence-corrected chi connectivity index (χ1v) is 8.87. The van der Waals surface area contributed by atoms with Gasteiger partial charge in [0.05, 0.1) is 6.20 Å². The van der Waals surface area contributed by atoms with Crippen molar-refractivity contribution in [3.05, 3.63) is 59.1 Å². The molecule has 0 unspecified atom stereocenters. The highest BCUT2D eigenvalue weighted by Crippen LogP contribution is 2.37. The van der Waals surface area contributed by atoms with Gasteiger partial charge >= 0.3 is 0 Å². The minimum Gasteiger partial charge on any atom is -0.335 e. The molecule has 9 heteroatoms. The van der Waals surface area contributed by atoms with Crippen molar-refractivity contribution in [3.63, 3.8) is 0 Å². The van der Waals surface area contributed by atoms with Gasteiger partial charge in [0.25, 0.3) is 5.89 Å². The van der Waals surface area contributed by atoms with Crippen molar-refractivity contribution in [2.75, 3.05) is 13.1 Å². The first-order chi connectivity index (χ1) is 13.0. The van der Waals surface area contributed by atoms with Crippen LogP contribution in [0.5, 0.6) is 0 Å². The number of alkyl halides is 1. The van der Waals surface area contributed by atoms with Crippen molar-refractivity contribution in [1.29, 1.82) is 0 Å². The summed E-state index contributed by atoms with van der Waals surface area (Å²) in [6, 6.07) is 4.31. The summed E-state index contributed by atoms with van der Waals surface area (Å²) in [6.07, 6.45) is 4.97. The number of likely N-dealkylation sites (tertiary alicyclic amines) is 1. The first-order valence-electron chi connectivity index (χ1n) is 8.49. The largest absolute Gasteiger partial charge is 0.335 e. The standard InChI is InChI=1S/C18H16ClF2N5O/c19-14-9-13(20)2-1-12(14)11-26-7-3-18(21,4-8-26)17-24-16(25-27-17)15-10-22-5-6-23-15/h1-2,5-6,9-10H,3-4,7-8,11H2. The molecule has 2 aromatic heterocycles. The zero-order valence-corrected chi connectivity index (χ0v) is 15.0. The van der Waals surface area contributed by atoms with E-state index in [-0.39, 0.29) is 30.4 Å². The average Bonchev–Trinajstić information content (AvgIpc) is 3.18. The highest BCUT2D eigenvalue weighted by Gasteiger charge is 2.41. The third-order valence-electron chi connectivity index (χ3n) is 4.66. The molecule has 0 radical (unpaired) electrons. The summed E-state index contributed by atoms with van der Waals surface area (Å²) in [4.78, 5) is 14.3. The van der Waals surface area contributed by atoms with E-state index < -0.39 is 5.67 Å². The molecule has 0 atom stereocenters. The molecule has 1 aromatic carbocycles. The average molecular weight is 392 g/mol. The van der Waals surface area contributed by atoms with Crippen LogP contribution in [-0.4, -0.2) is 38.1 Å². The van der Waals surface area contributed by atoms with Gasteiger partial charge in [0.15, 0.2) is 5.67 Å². The second-order valence-electron chi connectivity index (χ2n) is 6.49. The molecule has 4 rings (SSSR count). The molecule has 0 amide bonds. The molecule has 1 fully saturated rings. The lowest BCUT2D eigenvalue weighted by Crippen LogP contribution is -2.40. The number of nitrogens with zero attached hydrogens (tertiary/aromatic N) is 5. The van der Waals surface area contributed by atoms with Gasteiger partial charge in [0.1, 0.15) is 11.5 Å². The number of aromatic nitrogens is 4. The lowest BCUT2D eigenvalue weighted by molar-refractivity contribution is 0.0250. The molecule has 1 saturated heterocycles. The highest BCUT2D eigenvalue weighted by atomic mass is 35.5. The van der Waals surface area contributed by atoms with Crippen LogP contribution >= 0.6 is 11.6 Å². The van der Waals surface area contributed by atoms with E-state index in [0.717, 1.165) is 5.56 Å². The lowest BCUT2D eigenvalue weighted by atomic mass is 9.93. The van der Waals surface area contributed by atoms with Gasteiger partial charge in [0.2, 0.25) is 5.82 Å². The normalized spacial score (nSPS) is 17.1. The summed E-state index contributed by atoms with van der Waals surface area (Å²) in [5, 5.41) is 4.19. The predicted molar refractivity (Wildman–Crippen MR) is 94.0 cm³/mol. The van der Waals surface area contributed by atoms with Crippen LogP contribution in [0.2, 0.25) is 5.02 Å². The molecule has 0 saturated carbocycles. The van der Waals surface area contributed by atoms with Gasteiger partial charge < -0.3 is 4.52 Å². The van der Waals surface area contributed by atoms with E-state index in [4.69, 9.17) is 16.1 Å². The quantitative estimate of drug-likeness (QED) is 0.674. The zero-order chi connectivity index (χ0) is 18.9. The minimum absolute atomic E-state index is 0.0392. The van der Waals surface area contributed by atoms with Gasteiger partial charge in [-0.2, -0.15) is 4.98 Å². The molecular weight excluding hydrogens is 376 g/mol. The van der Waals surface area contributed by atoms with Gasteiger partial charge in [0, 0.05) is 49.9 Å². The topological polar surface area (TPSA) is 67.9 Å². The summed E-state index contributed by atoms with van der Waals surface area (Å²) >= 11 is 6.08. The van der Waals surface area contributed by atoms with Crippen LogP contribution in [-0.2, 0) is 12.2 Å². The second kappa shape index (κ2) is 7.28. The maximum Gasteiger partial charge on any atom is 0.264 e. The summed E-state index contributed by atoms with van der Waals surface area (Å²) in [7, 11) is 0. The third-order valence-corrected chi connectivity index (χ3v) is 5.01. The summed E-state index contributed by atoms with van der Waals surface area (Å²) in [6.45, 7) is 1.52. The summed E-state index contributed by atoms with van der Waals surface area (Å²) in [5.74, 6) is -0.196. The Bertz CT molecular complexity index is 929. The maximum atomic E-state index is 15.3. The van der Waals surface area contributed by atoms with Crippen LogP contribution in [0.15, 0.2) is 41.3 Å². The van der Waals surface area contributed by atoms with E-state index in [1.54, 1.807) is 6.07 Å². The van der Waals surface area contributed by atoms with Crippen molar-refractivity contribution < 1.29 is 13.3 Å². The van der Waals surface area contributed by atoms with Gasteiger partial charge in [-0.15, -0.1) is 0 Å². The van der Waals surface area contributed by atoms with Gasteiger partial charge in [-0.1, -0.05) is 22.8 Å². The lowest BCUT2D eigenvalue weighted by Gasteiger charge is -2.34. The first kappa shape index (κ1) is 17.9. The number of halogens is 3. The Kier molecular flexibility index (Phi) is 4.84. The fourth-order valence-corrected chi connectivity index (χ4v) is 3.32. The molecule has 0 spiro atoms. The predicted octanol–water partition coefficient (Wildman–Crippen LogP) is 3.78. The zero-order valence-electron chi connectivity index (χ0n) is 14.3. The smallest absolute Gasteiger partial charge is 0.264 e. The van der Waals surface area contributed by atoms with Crippen LogP contribution in [0.3, 0.4) is 0 Å². The Morgan fingerprint density at radius 1 is 1.22 bits per heavy atom. The molecule has 3 heterocycles. The Labute approximate surface area is 159 Å². The van der Waals surface area contributed by atoms with Crippen molar-refractivity contribution in [2.24, 2.45) is 0 Å². The van der Waals surface area contributed by atoms with Crippen LogP contribution in [0.1, 0.15) is 24.3 Å². The Hall–Kier alpha value is -2.45. The monoisotopic (exact) mass is 391 g/mol. The number of hydrogen-bond donors (Lipinski definition) is 0. The number of hydrogen-bond acceptors (Lipinski definition) is 6. The van der Waals surface area contributed by atoms with Crippen molar-refractivity contribution in [1.82, 2.24) is 25.0 Å². The van der Waals surface area contributed by atoms with Crippen molar-refractivity contribution >= 4 is 11.6 Å². The molecule has 27 heavy (non-hydrogen) atoms. The van der Waals surface area contributed by atoms with Crippen LogP contribution in [0.4, 0.5) is 8.78 Å². The second-order valence-corrected chi connectivity index (χ2v) is 6.90. The van der Waals surface area contributed by atoms with Crippen LogP contribution in [0, 0.1) is 5.82 Å². The highest BCUT2D eigenvalue weighted by molar-refractivity contribution is 6.31. The molecule has 3 aromatic rings. The van der Waals surface area contributed by atoms with E-state index in [9.17, 15) is 4.39 Å². The fourth-order valence-electron chi connectivity index (χ4n) is 3.09. The molecule has 0 N–H and O–H groups in total. The number of rotatable bonds is 4. The molecule has 0 aliphatic carbocycles. The Balaban J connectivity index is 1.43. The van der Waals surface area contributed by atoms with E-state index >= 15 is 4.39 Å². The molecule has 1 aliphatic rings. The van der Waals surface area contributed by atoms with Gasteiger partial charge in [-0.3, -0.25) is 9.88 Å². The van der Waals surface area contributed by atoms with E-state index in [0.29, 0.717) is 30.4 Å². The van der Waals surface area contributed by atoms with Gasteiger partial charge in [-0.25, -0.2) is 13.8 Å². The van der Waals surface area contributed by atoms with Crippen LogP contribution in [0.25, 0.3) is 11.5 Å². The fraction of sp³-hybridized carbons (Fsp3) is 0.333. The maximum absolute atomic E-state index is 15.3. The van der Waals surface area contributed by atoms with Gasteiger partial charge in [-0.05, 0) is 17.7 Å².